The van der Waals surface area contributed by atoms with Gasteiger partial charge in [0.15, 0.2) is 0 Å². The summed E-state index contributed by atoms with van der Waals surface area (Å²) in [6.45, 7) is 12.8. The Labute approximate surface area is 174 Å². The van der Waals surface area contributed by atoms with Crippen molar-refractivity contribution >= 4 is 21.5 Å². The molecule has 2 aromatic rings. The van der Waals surface area contributed by atoms with Gasteiger partial charge in [-0.05, 0) is 42.2 Å². The zero-order chi connectivity index (χ0) is 20.9. The molecule has 0 amide bonds. The van der Waals surface area contributed by atoms with Crippen molar-refractivity contribution in [3.63, 3.8) is 0 Å². The predicted molar refractivity (Wildman–Crippen MR) is 119 cm³/mol. The topological polar surface area (TPSA) is 65.5 Å². The van der Waals surface area contributed by atoms with Crippen molar-refractivity contribution in [3.8, 4) is 0 Å². The second kappa shape index (κ2) is 9.41. The number of sulfonamides is 1. The number of nitrogens with one attached hydrogen (secondary N) is 1. The van der Waals surface area contributed by atoms with E-state index in [4.69, 9.17) is 0 Å². The summed E-state index contributed by atoms with van der Waals surface area (Å²) in [7, 11) is -3.63. The van der Waals surface area contributed by atoms with E-state index in [0.717, 1.165) is 50.5 Å². The van der Waals surface area contributed by atoms with Crippen LogP contribution in [0.25, 0.3) is 0 Å². The van der Waals surface area contributed by atoms with Gasteiger partial charge in [-0.2, -0.15) is 0 Å². The fourth-order valence-corrected chi connectivity index (χ4v) is 4.40. The zero-order valence-corrected chi connectivity index (χ0v) is 18.0. The standard InChI is InChI=1S/C22H30N4O2S/c1-4-5-12-25-13-15-26(16-14-25)22-11-8-20(17-23-22)24-29(27,28)21-9-6-19(7-10-21)18(2)3/h4,6-11,17-18,24H,1,5,12-16H2,2-3H3. The smallest absolute Gasteiger partial charge is 0.261 e. The molecule has 0 bridgehead atoms. The third-order valence-electron chi connectivity index (χ3n) is 5.20. The van der Waals surface area contributed by atoms with E-state index >= 15 is 0 Å². The van der Waals surface area contributed by atoms with Gasteiger partial charge in [0.1, 0.15) is 5.82 Å². The van der Waals surface area contributed by atoms with Gasteiger partial charge in [-0.3, -0.25) is 9.62 Å². The van der Waals surface area contributed by atoms with Crippen molar-refractivity contribution < 1.29 is 8.42 Å². The van der Waals surface area contributed by atoms with Crippen LogP contribution in [0.1, 0.15) is 31.7 Å². The number of hydrogen-bond acceptors (Lipinski definition) is 5. The van der Waals surface area contributed by atoms with Gasteiger partial charge >= 0.3 is 0 Å². The van der Waals surface area contributed by atoms with E-state index in [0.29, 0.717) is 11.6 Å². The molecule has 7 heteroatoms. The first kappa shape index (κ1) is 21.3. The largest absolute Gasteiger partial charge is 0.354 e. The second-order valence-corrected chi connectivity index (χ2v) is 9.32. The highest BCUT2D eigenvalue weighted by molar-refractivity contribution is 7.92. The average molecular weight is 415 g/mol. The Hall–Kier alpha value is -2.38. The first-order chi connectivity index (χ1) is 13.9. The summed E-state index contributed by atoms with van der Waals surface area (Å²) < 4.78 is 27.9. The summed E-state index contributed by atoms with van der Waals surface area (Å²) in [6, 6.07) is 10.6. The molecule has 1 fully saturated rings. The van der Waals surface area contributed by atoms with E-state index in [9.17, 15) is 8.42 Å². The molecule has 0 spiro atoms. The van der Waals surface area contributed by atoms with E-state index in [2.05, 4.69) is 39.9 Å². The van der Waals surface area contributed by atoms with Crippen LogP contribution in [0.15, 0.2) is 60.1 Å². The van der Waals surface area contributed by atoms with Crippen LogP contribution in [-0.4, -0.2) is 51.0 Å². The maximum absolute atomic E-state index is 12.6. The molecule has 29 heavy (non-hydrogen) atoms. The van der Waals surface area contributed by atoms with Crippen LogP contribution in [0.4, 0.5) is 11.5 Å². The Morgan fingerprint density at radius 1 is 1.10 bits per heavy atom. The van der Waals surface area contributed by atoms with Crippen molar-refractivity contribution in [1.29, 1.82) is 0 Å². The van der Waals surface area contributed by atoms with Crippen molar-refractivity contribution in [2.45, 2.75) is 31.1 Å². The Bertz CT molecular complexity index is 901. The monoisotopic (exact) mass is 414 g/mol. The lowest BCUT2D eigenvalue weighted by atomic mass is 10.0. The van der Waals surface area contributed by atoms with Gasteiger partial charge in [-0.25, -0.2) is 13.4 Å². The Kier molecular flexibility index (Phi) is 6.92. The summed E-state index contributed by atoms with van der Waals surface area (Å²) in [6.07, 6.45) is 4.54. The molecule has 2 heterocycles. The van der Waals surface area contributed by atoms with Crippen LogP contribution in [0.2, 0.25) is 0 Å². The molecule has 1 aliphatic rings. The minimum Gasteiger partial charge on any atom is -0.354 e. The molecule has 1 saturated heterocycles. The molecule has 3 rings (SSSR count). The average Bonchev–Trinajstić information content (AvgIpc) is 2.73. The van der Waals surface area contributed by atoms with Crippen LogP contribution < -0.4 is 9.62 Å². The van der Waals surface area contributed by atoms with Crippen molar-refractivity contribution in [2.75, 3.05) is 42.3 Å². The number of nitrogens with zero attached hydrogens (tertiary/aromatic N) is 3. The van der Waals surface area contributed by atoms with E-state index in [1.54, 1.807) is 24.4 Å². The number of rotatable bonds is 8. The number of pyridine rings is 1. The minimum absolute atomic E-state index is 0.252. The van der Waals surface area contributed by atoms with Gasteiger partial charge in [0.2, 0.25) is 0 Å². The molecule has 0 aliphatic carbocycles. The first-order valence-electron chi connectivity index (χ1n) is 10.1. The van der Waals surface area contributed by atoms with Crippen LogP contribution in [0.3, 0.4) is 0 Å². The lowest BCUT2D eigenvalue weighted by Crippen LogP contribution is -2.46. The molecule has 0 atom stereocenters. The number of hydrogen-bond donors (Lipinski definition) is 1. The molecule has 1 aromatic carbocycles. The summed E-state index contributed by atoms with van der Waals surface area (Å²) in [5.74, 6) is 1.23. The molecule has 0 radical (unpaired) electrons. The molecule has 1 N–H and O–H groups in total. The van der Waals surface area contributed by atoms with Gasteiger partial charge in [-0.15, -0.1) is 6.58 Å². The van der Waals surface area contributed by atoms with E-state index in [1.165, 1.54) is 0 Å². The Morgan fingerprint density at radius 3 is 2.34 bits per heavy atom. The zero-order valence-electron chi connectivity index (χ0n) is 17.2. The fraction of sp³-hybridized carbons (Fsp3) is 0.409. The molecule has 1 aromatic heterocycles. The van der Waals surface area contributed by atoms with Crippen LogP contribution in [0, 0.1) is 0 Å². The summed E-state index contributed by atoms with van der Waals surface area (Å²) in [5, 5.41) is 0. The van der Waals surface area contributed by atoms with Gasteiger partial charge < -0.3 is 4.90 Å². The highest BCUT2D eigenvalue weighted by Crippen LogP contribution is 2.21. The summed E-state index contributed by atoms with van der Waals surface area (Å²) in [4.78, 5) is 9.37. The fourth-order valence-electron chi connectivity index (χ4n) is 3.35. The number of aromatic nitrogens is 1. The SMILES string of the molecule is C=CCCN1CCN(c2ccc(NS(=O)(=O)c3ccc(C(C)C)cc3)cn2)CC1. The Balaban J connectivity index is 1.61. The third kappa shape index (κ3) is 5.58. The molecular formula is C22H30N4O2S. The van der Waals surface area contributed by atoms with Gasteiger partial charge in [0.25, 0.3) is 10.0 Å². The molecular weight excluding hydrogens is 384 g/mol. The summed E-state index contributed by atoms with van der Waals surface area (Å²) >= 11 is 0. The van der Waals surface area contributed by atoms with Gasteiger partial charge in [-0.1, -0.05) is 32.1 Å². The molecule has 6 nitrogen and oxygen atoms in total. The van der Waals surface area contributed by atoms with E-state index < -0.39 is 10.0 Å². The van der Waals surface area contributed by atoms with E-state index in [-0.39, 0.29) is 4.90 Å². The van der Waals surface area contributed by atoms with Crippen LogP contribution >= 0.6 is 0 Å². The van der Waals surface area contributed by atoms with Crippen molar-refractivity contribution in [1.82, 2.24) is 9.88 Å². The van der Waals surface area contributed by atoms with Gasteiger partial charge in [0, 0.05) is 32.7 Å². The van der Waals surface area contributed by atoms with Crippen LogP contribution in [0.5, 0.6) is 0 Å². The minimum atomic E-state index is -3.63. The maximum atomic E-state index is 12.6. The molecule has 0 unspecified atom stereocenters. The predicted octanol–water partition coefficient (Wildman–Crippen LogP) is 3.70. The lowest BCUT2D eigenvalue weighted by Gasteiger charge is -2.35. The highest BCUT2D eigenvalue weighted by Gasteiger charge is 2.18. The highest BCUT2D eigenvalue weighted by atomic mass is 32.2. The van der Waals surface area contributed by atoms with Crippen molar-refractivity contribution in [2.24, 2.45) is 0 Å². The molecule has 156 valence electrons. The maximum Gasteiger partial charge on any atom is 0.261 e. The number of benzene rings is 1. The Morgan fingerprint density at radius 2 is 1.79 bits per heavy atom. The summed E-state index contributed by atoms with van der Waals surface area (Å²) in [5.41, 5.74) is 1.57. The third-order valence-corrected chi connectivity index (χ3v) is 6.60. The lowest BCUT2D eigenvalue weighted by molar-refractivity contribution is 0.262. The van der Waals surface area contributed by atoms with Crippen molar-refractivity contribution in [3.05, 3.63) is 60.8 Å². The second-order valence-electron chi connectivity index (χ2n) is 7.64. The van der Waals surface area contributed by atoms with E-state index in [1.807, 2.05) is 24.3 Å². The quantitative estimate of drug-likeness (QED) is 0.667. The number of anilines is 2. The van der Waals surface area contributed by atoms with Gasteiger partial charge in [0.05, 0.1) is 16.8 Å². The first-order valence-corrected chi connectivity index (χ1v) is 11.5. The normalized spacial score (nSPS) is 15.5. The van der Waals surface area contributed by atoms with Crippen LogP contribution in [-0.2, 0) is 10.0 Å². The number of piperazine rings is 1. The molecule has 1 aliphatic heterocycles. The molecule has 0 saturated carbocycles.